The van der Waals surface area contributed by atoms with E-state index in [1.165, 1.54) is 16.4 Å². The molecule has 0 bridgehead atoms. The van der Waals surface area contributed by atoms with Gasteiger partial charge in [0.25, 0.3) is 5.91 Å². The van der Waals surface area contributed by atoms with Crippen LogP contribution in [0.5, 0.6) is 5.75 Å². The van der Waals surface area contributed by atoms with Crippen LogP contribution < -0.4 is 15.0 Å². The van der Waals surface area contributed by atoms with E-state index in [0.29, 0.717) is 54.1 Å². The molecule has 3 aromatic carbocycles. The van der Waals surface area contributed by atoms with Crippen molar-refractivity contribution < 1.29 is 17.9 Å². The highest BCUT2D eigenvalue weighted by Crippen LogP contribution is 2.31. The zero-order chi connectivity index (χ0) is 25.9. The highest BCUT2D eigenvalue weighted by molar-refractivity contribution is 7.89. The Kier molecular flexibility index (Phi) is 8.10. The van der Waals surface area contributed by atoms with Crippen molar-refractivity contribution in [2.75, 3.05) is 43.0 Å². The molecule has 1 amide bonds. The van der Waals surface area contributed by atoms with E-state index >= 15 is 0 Å². The first kappa shape index (κ1) is 26.3. The summed E-state index contributed by atoms with van der Waals surface area (Å²) in [6, 6.07) is 16.7. The maximum Gasteiger partial charge on any atom is 0.255 e. The highest BCUT2D eigenvalue weighted by atomic mass is 35.5. The molecule has 1 fully saturated rings. The number of hydrogen-bond acceptors (Lipinski definition) is 5. The van der Waals surface area contributed by atoms with Crippen molar-refractivity contribution in [1.82, 2.24) is 4.31 Å². The lowest BCUT2D eigenvalue weighted by atomic mass is 10.1. The highest BCUT2D eigenvalue weighted by Gasteiger charge is 2.30. The molecule has 0 radical (unpaired) electrons. The predicted molar refractivity (Wildman–Crippen MR) is 144 cm³/mol. The van der Waals surface area contributed by atoms with Gasteiger partial charge >= 0.3 is 0 Å². The molecule has 1 saturated heterocycles. The number of nitrogens with zero attached hydrogens (tertiary/aromatic N) is 2. The van der Waals surface area contributed by atoms with E-state index in [1.807, 2.05) is 32.0 Å². The van der Waals surface area contributed by atoms with Gasteiger partial charge in [0, 0.05) is 47.5 Å². The number of ether oxygens (including phenoxy) is 1. The van der Waals surface area contributed by atoms with Crippen LogP contribution in [-0.2, 0) is 10.0 Å². The summed E-state index contributed by atoms with van der Waals surface area (Å²) in [5, 5.41) is 3.84. The molecule has 1 aliphatic rings. The summed E-state index contributed by atoms with van der Waals surface area (Å²) in [6.45, 7) is 5.91. The zero-order valence-corrected chi connectivity index (χ0v) is 22.3. The first-order chi connectivity index (χ1) is 17.2. The minimum atomic E-state index is -3.79. The lowest BCUT2D eigenvalue weighted by Gasteiger charge is -2.36. The van der Waals surface area contributed by atoms with Gasteiger partial charge in [-0.15, -0.1) is 0 Å². The molecule has 1 N–H and O–H groups in total. The van der Waals surface area contributed by atoms with Crippen molar-refractivity contribution in [3.63, 3.8) is 0 Å². The average Bonchev–Trinajstić information content (AvgIpc) is 2.86. The van der Waals surface area contributed by atoms with Crippen LogP contribution in [0.25, 0.3) is 0 Å². The summed E-state index contributed by atoms with van der Waals surface area (Å²) in [4.78, 5) is 15.0. The third-order valence-corrected chi connectivity index (χ3v) is 8.34. The number of benzene rings is 3. The summed E-state index contributed by atoms with van der Waals surface area (Å²) in [6.07, 6.45) is 0. The Morgan fingerprint density at radius 1 is 0.972 bits per heavy atom. The molecule has 1 aliphatic heterocycles. The number of hydrogen-bond donors (Lipinski definition) is 1. The Labute approximate surface area is 221 Å². The first-order valence-electron chi connectivity index (χ1n) is 11.5. The van der Waals surface area contributed by atoms with Gasteiger partial charge in [-0.25, -0.2) is 8.42 Å². The van der Waals surface area contributed by atoms with Gasteiger partial charge in [-0.1, -0.05) is 35.3 Å². The van der Waals surface area contributed by atoms with Crippen molar-refractivity contribution in [3.8, 4) is 5.75 Å². The molecule has 190 valence electrons. The minimum absolute atomic E-state index is 0.0831. The van der Waals surface area contributed by atoms with Gasteiger partial charge < -0.3 is 15.0 Å². The summed E-state index contributed by atoms with van der Waals surface area (Å²) >= 11 is 12.2. The van der Waals surface area contributed by atoms with Crippen molar-refractivity contribution in [2.45, 2.75) is 18.7 Å². The van der Waals surface area contributed by atoms with Gasteiger partial charge in [0.2, 0.25) is 10.0 Å². The quantitative estimate of drug-likeness (QED) is 0.424. The topological polar surface area (TPSA) is 79.0 Å². The smallest absolute Gasteiger partial charge is 0.255 e. The van der Waals surface area contributed by atoms with Crippen LogP contribution in [0.2, 0.25) is 10.0 Å². The number of halogens is 2. The van der Waals surface area contributed by atoms with Crippen molar-refractivity contribution in [3.05, 3.63) is 81.8 Å². The monoisotopic (exact) mass is 547 g/mol. The zero-order valence-electron chi connectivity index (χ0n) is 20.0. The number of amides is 1. The largest absolute Gasteiger partial charge is 0.492 e. The van der Waals surface area contributed by atoms with E-state index in [-0.39, 0.29) is 10.6 Å². The first-order valence-corrected chi connectivity index (χ1v) is 13.7. The predicted octanol–water partition coefficient (Wildman–Crippen LogP) is 5.46. The second kappa shape index (κ2) is 11.1. The number of aryl methyl sites for hydroxylation is 1. The maximum absolute atomic E-state index is 13.5. The SMILES string of the molecule is CCOc1ccc(S(=O)(=O)N2CCN(c3cc(Cl)ccc3C)CC2)cc1NC(=O)c1cccc(Cl)c1. The summed E-state index contributed by atoms with van der Waals surface area (Å²) in [7, 11) is -3.79. The maximum atomic E-state index is 13.5. The van der Waals surface area contributed by atoms with E-state index in [4.69, 9.17) is 27.9 Å². The molecule has 36 heavy (non-hydrogen) atoms. The Balaban J connectivity index is 1.55. The van der Waals surface area contributed by atoms with E-state index < -0.39 is 15.9 Å². The second-order valence-corrected chi connectivity index (χ2v) is 11.2. The number of sulfonamides is 1. The molecule has 0 spiro atoms. The van der Waals surface area contributed by atoms with Crippen LogP contribution in [0.3, 0.4) is 0 Å². The van der Waals surface area contributed by atoms with Crippen LogP contribution in [0.15, 0.2) is 65.6 Å². The molecule has 0 unspecified atom stereocenters. The normalized spacial score (nSPS) is 14.5. The molecule has 7 nitrogen and oxygen atoms in total. The van der Waals surface area contributed by atoms with Gasteiger partial charge in [0.1, 0.15) is 5.75 Å². The molecule has 0 saturated carbocycles. The van der Waals surface area contributed by atoms with Gasteiger partial charge in [-0.05, 0) is 67.9 Å². The number of nitrogens with one attached hydrogen (secondary N) is 1. The van der Waals surface area contributed by atoms with Crippen molar-refractivity contribution >= 4 is 50.5 Å². The van der Waals surface area contributed by atoms with Gasteiger partial charge in [0.05, 0.1) is 17.2 Å². The standard InChI is InChI=1S/C26H27Cl2N3O4S/c1-3-35-25-10-9-22(17-23(25)29-26(32)19-5-4-6-20(27)15-19)36(33,34)31-13-11-30(12-14-31)24-16-21(28)8-7-18(24)2/h4-10,15-17H,3,11-14H2,1-2H3,(H,29,32). The second-order valence-electron chi connectivity index (χ2n) is 8.38. The number of rotatable bonds is 7. The van der Waals surface area contributed by atoms with Gasteiger partial charge in [-0.2, -0.15) is 4.31 Å². The molecule has 3 aromatic rings. The van der Waals surface area contributed by atoms with E-state index in [1.54, 1.807) is 30.3 Å². The molecule has 4 rings (SSSR count). The molecule has 10 heteroatoms. The Morgan fingerprint density at radius 3 is 2.39 bits per heavy atom. The van der Waals surface area contributed by atoms with Crippen LogP contribution >= 0.6 is 23.2 Å². The molecular formula is C26H27Cl2N3O4S. The third-order valence-electron chi connectivity index (χ3n) is 5.97. The molecule has 1 heterocycles. The summed E-state index contributed by atoms with van der Waals surface area (Å²) < 4.78 is 34.1. The van der Waals surface area contributed by atoms with E-state index in [9.17, 15) is 13.2 Å². The van der Waals surface area contributed by atoms with Crippen LogP contribution in [0.1, 0.15) is 22.8 Å². The average molecular weight is 548 g/mol. The fraction of sp³-hybridized carbons (Fsp3) is 0.269. The number of carbonyl (C=O) groups excluding carboxylic acids is 1. The summed E-state index contributed by atoms with van der Waals surface area (Å²) in [5.74, 6) is -0.0356. The Bertz CT molecular complexity index is 1370. The van der Waals surface area contributed by atoms with Gasteiger partial charge in [0.15, 0.2) is 0 Å². The minimum Gasteiger partial charge on any atom is -0.492 e. The van der Waals surface area contributed by atoms with E-state index in [2.05, 4.69) is 10.2 Å². The van der Waals surface area contributed by atoms with Crippen molar-refractivity contribution in [2.24, 2.45) is 0 Å². The van der Waals surface area contributed by atoms with Gasteiger partial charge in [-0.3, -0.25) is 4.79 Å². The fourth-order valence-corrected chi connectivity index (χ4v) is 5.92. The lowest BCUT2D eigenvalue weighted by molar-refractivity contribution is 0.102. The number of carbonyl (C=O) groups is 1. The third kappa shape index (κ3) is 5.78. The van der Waals surface area contributed by atoms with Crippen molar-refractivity contribution in [1.29, 1.82) is 0 Å². The lowest BCUT2D eigenvalue weighted by Crippen LogP contribution is -2.48. The Hall–Kier alpha value is -2.78. The number of anilines is 2. The molecule has 0 atom stereocenters. The molecule has 0 aromatic heterocycles. The van der Waals surface area contributed by atoms with E-state index in [0.717, 1.165) is 11.3 Å². The number of piperazine rings is 1. The van der Waals surface area contributed by atoms with Crippen LogP contribution in [-0.4, -0.2) is 51.4 Å². The molecular weight excluding hydrogens is 521 g/mol. The van der Waals surface area contributed by atoms with Crippen LogP contribution in [0.4, 0.5) is 11.4 Å². The molecule has 0 aliphatic carbocycles. The fourth-order valence-electron chi connectivity index (χ4n) is 4.11. The Morgan fingerprint density at radius 2 is 1.69 bits per heavy atom. The summed E-state index contributed by atoms with van der Waals surface area (Å²) in [5.41, 5.74) is 2.72. The van der Waals surface area contributed by atoms with Crippen LogP contribution in [0, 0.1) is 6.92 Å².